The van der Waals surface area contributed by atoms with Crippen molar-refractivity contribution in [1.82, 2.24) is 9.97 Å². The number of hydrogen-bond acceptors (Lipinski definition) is 8. The summed E-state index contributed by atoms with van der Waals surface area (Å²) in [6.45, 7) is 1.83. The molecule has 7 nitrogen and oxygen atoms in total. The molecule has 0 aliphatic rings. The van der Waals surface area contributed by atoms with E-state index in [1.54, 1.807) is 14.2 Å². The Balaban J connectivity index is 1.73. The summed E-state index contributed by atoms with van der Waals surface area (Å²) in [4.78, 5) is 21.5. The minimum atomic E-state index is -0.287. The van der Waals surface area contributed by atoms with Crippen molar-refractivity contribution < 1.29 is 23.7 Å². The lowest BCUT2D eigenvalue weighted by atomic mass is 10.1. The number of esters is 1. The number of benzene rings is 2. The van der Waals surface area contributed by atoms with Crippen molar-refractivity contribution >= 4 is 27.5 Å². The number of methoxy groups -OCH3 is 3. The van der Waals surface area contributed by atoms with Crippen LogP contribution in [-0.2, 0) is 16.0 Å². The molecule has 0 unspecified atom stereocenters. The predicted molar refractivity (Wildman–Crippen MR) is 123 cm³/mol. The molecule has 4 rings (SSSR count). The van der Waals surface area contributed by atoms with Gasteiger partial charge < -0.3 is 18.9 Å². The minimum Gasteiger partial charge on any atom is -0.493 e. The largest absolute Gasteiger partial charge is 0.493 e. The molecule has 0 aliphatic carbocycles. The van der Waals surface area contributed by atoms with Gasteiger partial charge in [0.2, 0.25) is 5.88 Å². The zero-order valence-corrected chi connectivity index (χ0v) is 19.0. The Morgan fingerprint density at radius 2 is 1.72 bits per heavy atom. The first-order valence-corrected chi connectivity index (χ1v) is 10.7. The predicted octanol–water partition coefficient (Wildman–Crippen LogP) is 5.19. The summed E-state index contributed by atoms with van der Waals surface area (Å²) in [6, 6.07) is 13.0. The van der Waals surface area contributed by atoms with E-state index in [0.717, 1.165) is 26.9 Å². The van der Waals surface area contributed by atoms with Gasteiger partial charge in [0.25, 0.3) is 0 Å². The molecule has 0 spiro atoms. The average Bonchev–Trinajstić information content (AvgIpc) is 3.23. The van der Waals surface area contributed by atoms with E-state index < -0.39 is 0 Å². The molecule has 0 atom stereocenters. The molecule has 4 aromatic rings. The van der Waals surface area contributed by atoms with Crippen LogP contribution in [0.15, 0.2) is 47.8 Å². The van der Waals surface area contributed by atoms with Crippen molar-refractivity contribution in [3.8, 4) is 34.3 Å². The van der Waals surface area contributed by atoms with Crippen LogP contribution in [0, 0.1) is 6.92 Å². The Morgan fingerprint density at radius 1 is 0.969 bits per heavy atom. The van der Waals surface area contributed by atoms with Crippen molar-refractivity contribution in [3.63, 3.8) is 0 Å². The van der Waals surface area contributed by atoms with Crippen molar-refractivity contribution in [2.75, 3.05) is 21.3 Å². The zero-order chi connectivity index (χ0) is 22.7. The lowest BCUT2D eigenvalue weighted by Crippen LogP contribution is -2.04. The number of fused-ring (bicyclic) bond motifs is 1. The molecule has 0 aliphatic heterocycles. The maximum atomic E-state index is 11.5. The second kappa shape index (κ2) is 9.23. The SMILES string of the molecule is COC(=O)Cc1ccc(Oc2nc(C)nc3scc(-c4ccc(OC)c(OC)c4)c23)cc1. The highest BCUT2D eigenvalue weighted by Crippen LogP contribution is 2.41. The average molecular weight is 451 g/mol. The molecule has 0 saturated heterocycles. The number of ether oxygens (including phenoxy) is 4. The van der Waals surface area contributed by atoms with Gasteiger partial charge in [-0.25, -0.2) is 4.98 Å². The van der Waals surface area contributed by atoms with Crippen LogP contribution in [0.4, 0.5) is 0 Å². The molecule has 2 aromatic heterocycles. The van der Waals surface area contributed by atoms with Crippen LogP contribution in [0.3, 0.4) is 0 Å². The molecule has 2 heterocycles. The third-order valence-electron chi connectivity index (χ3n) is 4.92. The third-order valence-corrected chi connectivity index (χ3v) is 5.79. The second-order valence-corrected chi connectivity index (χ2v) is 7.83. The lowest BCUT2D eigenvalue weighted by Gasteiger charge is -2.11. The fourth-order valence-electron chi connectivity index (χ4n) is 3.33. The highest BCUT2D eigenvalue weighted by atomic mass is 32.1. The summed E-state index contributed by atoms with van der Waals surface area (Å²) < 4.78 is 21.7. The van der Waals surface area contributed by atoms with Crippen molar-refractivity contribution in [2.45, 2.75) is 13.3 Å². The van der Waals surface area contributed by atoms with E-state index in [0.29, 0.717) is 29.0 Å². The van der Waals surface area contributed by atoms with Gasteiger partial charge in [-0.05, 0) is 42.3 Å². The molecule has 32 heavy (non-hydrogen) atoms. The van der Waals surface area contributed by atoms with Crippen molar-refractivity contribution in [1.29, 1.82) is 0 Å². The monoisotopic (exact) mass is 450 g/mol. The van der Waals surface area contributed by atoms with Crippen LogP contribution >= 0.6 is 11.3 Å². The van der Waals surface area contributed by atoms with E-state index in [1.165, 1.54) is 18.4 Å². The fraction of sp³-hybridized carbons (Fsp3) is 0.208. The standard InChI is InChI=1S/C24H22N2O5S/c1-14-25-23(31-17-8-5-15(6-9-17)11-21(27)30-4)22-18(13-32-24(22)26-14)16-7-10-19(28-2)20(12-16)29-3/h5-10,12-13H,11H2,1-4H3. The highest BCUT2D eigenvalue weighted by molar-refractivity contribution is 7.17. The summed E-state index contributed by atoms with van der Waals surface area (Å²) in [5, 5.41) is 2.86. The van der Waals surface area contributed by atoms with Gasteiger partial charge >= 0.3 is 5.97 Å². The quantitative estimate of drug-likeness (QED) is 0.358. The van der Waals surface area contributed by atoms with Crippen molar-refractivity contribution in [3.05, 3.63) is 59.2 Å². The smallest absolute Gasteiger partial charge is 0.309 e. The van der Waals surface area contributed by atoms with Crippen LogP contribution in [0.2, 0.25) is 0 Å². The molecular weight excluding hydrogens is 428 g/mol. The second-order valence-electron chi connectivity index (χ2n) is 6.97. The number of nitrogens with zero attached hydrogens (tertiary/aromatic N) is 2. The first-order valence-electron chi connectivity index (χ1n) is 9.84. The molecule has 164 valence electrons. The van der Waals surface area contributed by atoms with E-state index in [-0.39, 0.29) is 12.4 Å². The maximum Gasteiger partial charge on any atom is 0.309 e. The van der Waals surface area contributed by atoms with Crippen LogP contribution in [0.25, 0.3) is 21.3 Å². The molecule has 0 bridgehead atoms. The maximum absolute atomic E-state index is 11.5. The van der Waals surface area contributed by atoms with E-state index >= 15 is 0 Å². The number of thiophene rings is 1. The summed E-state index contributed by atoms with van der Waals surface area (Å²) in [5.74, 6) is 2.72. The number of rotatable bonds is 7. The number of carbonyl (C=O) groups excluding carboxylic acids is 1. The van der Waals surface area contributed by atoms with Gasteiger partial charge in [0.1, 0.15) is 16.4 Å². The van der Waals surface area contributed by atoms with E-state index in [1.807, 2.05) is 54.8 Å². The van der Waals surface area contributed by atoms with Crippen molar-refractivity contribution in [2.24, 2.45) is 0 Å². The molecule has 2 aromatic carbocycles. The number of hydrogen-bond donors (Lipinski definition) is 0. The topological polar surface area (TPSA) is 79.8 Å². The Bertz CT molecular complexity index is 1270. The Morgan fingerprint density at radius 3 is 2.41 bits per heavy atom. The highest BCUT2D eigenvalue weighted by Gasteiger charge is 2.18. The van der Waals surface area contributed by atoms with Crippen LogP contribution in [-0.4, -0.2) is 37.3 Å². The Hall–Kier alpha value is -3.65. The third kappa shape index (κ3) is 4.36. The number of carbonyl (C=O) groups is 1. The molecule has 0 amide bonds. The molecule has 8 heteroatoms. The van der Waals surface area contributed by atoms with Crippen LogP contribution in [0.5, 0.6) is 23.1 Å². The van der Waals surface area contributed by atoms with Gasteiger partial charge in [-0.2, -0.15) is 4.98 Å². The van der Waals surface area contributed by atoms with E-state index in [4.69, 9.17) is 18.9 Å². The summed E-state index contributed by atoms with van der Waals surface area (Å²) in [6.07, 6.45) is 0.210. The molecule has 0 N–H and O–H groups in total. The van der Waals surface area contributed by atoms with Gasteiger partial charge in [0.15, 0.2) is 11.5 Å². The molecule has 0 fully saturated rings. The van der Waals surface area contributed by atoms with E-state index in [9.17, 15) is 4.79 Å². The van der Waals surface area contributed by atoms with Gasteiger partial charge in [-0.15, -0.1) is 11.3 Å². The summed E-state index contributed by atoms with van der Waals surface area (Å²) in [7, 11) is 4.59. The van der Waals surface area contributed by atoms with Gasteiger partial charge in [0, 0.05) is 10.9 Å². The normalized spacial score (nSPS) is 10.8. The van der Waals surface area contributed by atoms with Gasteiger partial charge in [-0.3, -0.25) is 4.79 Å². The Kier molecular flexibility index (Phi) is 6.23. The summed E-state index contributed by atoms with van der Waals surface area (Å²) in [5.41, 5.74) is 2.73. The minimum absolute atomic E-state index is 0.210. The van der Waals surface area contributed by atoms with Crippen LogP contribution in [0.1, 0.15) is 11.4 Å². The Labute approximate surface area is 189 Å². The summed E-state index contributed by atoms with van der Waals surface area (Å²) >= 11 is 1.53. The molecule has 0 saturated carbocycles. The van der Waals surface area contributed by atoms with E-state index in [2.05, 4.69) is 9.97 Å². The molecular formula is C24H22N2O5S. The van der Waals surface area contributed by atoms with Gasteiger partial charge in [0.05, 0.1) is 33.1 Å². The number of aryl methyl sites for hydroxylation is 1. The van der Waals surface area contributed by atoms with Gasteiger partial charge in [-0.1, -0.05) is 18.2 Å². The fourth-order valence-corrected chi connectivity index (χ4v) is 4.31. The first kappa shape index (κ1) is 21.6. The number of aromatic nitrogens is 2. The zero-order valence-electron chi connectivity index (χ0n) is 18.2. The molecule has 0 radical (unpaired) electrons. The first-order chi connectivity index (χ1) is 15.5. The van der Waals surface area contributed by atoms with Crippen LogP contribution < -0.4 is 14.2 Å². The lowest BCUT2D eigenvalue weighted by molar-refractivity contribution is -0.139.